The Kier molecular flexibility index (Phi) is 2.89. The quantitative estimate of drug-likeness (QED) is 0.509. The van der Waals surface area contributed by atoms with Crippen LogP contribution in [0.1, 0.15) is 26.3 Å². The van der Waals surface area contributed by atoms with Crippen molar-refractivity contribution in [2.24, 2.45) is 4.99 Å². The van der Waals surface area contributed by atoms with Crippen molar-refractivity contribution in [1.82, 2.24) is 0 Å². The molecule has 0 amide bonds. The molecule has 1 atom stereocenters. The summed E-state index contributed by atoms with van der Waals surface area (Å²) >= 11 is 12.3. The Morgan fingerprint density at radius 2 is 1.88 bits per heavy atom. The zero-order valence-electron chi connectivity index (χ0n) is 9.54. The second-order valence-corrected chi connectivity index (χ2v) is 5.54. The molecule has 1 aliphatic heterocycles. The van der Waals surface area contributed by atoms with Gasteiger partial charge in [-0.1, -0.05) is 35.3 Å². The molecular formula is C12H14Cl2N2. The molecule has 1 unspecified atom stereocenters. The first-order chi connectivity index (χ1) is 7.41. The van der Waals surface area contributed by atoms with Gasteiger partial charge in [0.1, 0.15) is 5.17 Å². The van der Waals surface area contributed by atoms with E-state index >= 15 is 0 Å². The highest BCUT2D eigenvalue weighted by Crippen LogP contribution is 2.36. The van der Waals surface area contributed by atoms with Crippen LogP contribution in [0.25, 0.3) is 0 Å². The van der Waals surface area contributed by atoms with Crippen LogP contribution in [0.4, 0.5) is 5.69 Å². The van der Waals surface area contributed by atoms with Gasteiger partial charge in [-0.15, -0.1) is 0 Å². The van der Waals surface area contributed by atoms with E-state index in [1.165, 1.54) is 0 Å². The highest BCUT2D eigenvalue weighted by molar-refractivity contribution is 6.70. The number of aliphatic imine (C=N–C) groups is 1. The molecular weight excluding hydrogens is 243 g/mol. The maximum Gasteiger partial charge on any atom is 0.199 e. The standard InChI is InChI=1S/C12H14Cl2N2/c1-12(2,3)16-9-7-5-4-6-8(9)10(13)15-11(16)14/h4-7,11H,1-3H3. The smallest absolute Gasteiger partial charge is 0.199 e. The van der Waals surface area contributed by atoms with Gasteiger partial charge in [0.25, 0.3) is 0 Å². The summed E-state index contributed by atoms with van der Waals surface area (Å²) < 4.78 is 0. The van der Waals surface area contributed by atoms with Gasteiger partial charge in [-0.05, 0) is 32.9 Å². The lowest BCUT2D eigenvalue weighted by molar-refractivity contribution is 0.490. The van der Waals surface area contributed by atoms with Crippen LogP contribution in [0.5, 0.6) is 0 Å². The second kappa shape index (κ2) is 3.94. The number of alkyl halides is 1. The van der Waals surface area contributed by atoms with Gasteiger partial charge in [-0.2, -0.15) is 0 Å². The van der Waals surface area contributed by atoms with E-state index in [0.717, 1.165) is 11.3 Å². The molecule has 1 aromatic rings. The topological polar surface area (TPSA) is 15.6 Å². The fraction of sp³-hybridized carbons (Fsp3) is 0.417. The summed E-state index contributed by atoms with van der Waals surface area (Å²) in [6.45, 7) is 6.32. The molecule has 0 fully saturated rings. The van der Waals surface area contributed by atoms with Gasteiger partial charge in [-0.3, -0.25) is 0 Å². The molecule has 1 aromatic carbocycles. The molecule has 86 valence electrons. The van der Waals surface area contributed by atoms with Crippen molar-refractivity contribution in [2.45, 2.75) is 31.9 Å². The largest absolute Gasteiger partial charge is 0.332 e. The average molecular weight is 257 g/mol. The predicted molar refractivity (Wildman–Crippen MR) is 70.7 cm³/mol. The maximum absolute atomic E-state index is 6.24. The fourth-order valence-electron chi connectivity index (χ4n) is 1.87. The second-order valence-electron chi connectivity index (χ2n) is 4.79. The zero-order valence-corrected chi connectivity index (χ0v) is 11.0. The van der Waals surface area contributed by atoms with Crippen LogP contribution in [-0.4, -0.2) is 16.3 Å². The Bertz CT molecular complexity index is 435. The van der Waals surface area contributed by atoms with E-state index in [1.807, 2.05) is 24.3 Å². The molecule has 0 radical (unpaired) electrons. The van der Waals surface area contributed by atoms with Crippen molar-refractivity contribution in [3.8, 4) is 0 Å². The van der Waals surface area contributed by atoms with Crippen LogP contribution < -0.4 is 4.90 Å². The number of anilines is 1. The fourth-order valence-corrected chi connectivity index (χ4v) is 2.67. The average Bonchev–Trinajstić information content (AvgIpc) is 2.15. The van der Waals surface area contributed by atoms with Crippen molar-refractivity contribution >= 4 is 34.1 Å². The van der Waals surface area contributed by atoms with Crippen LogP contribution in [-0.2, 0) is 0 Å². The van der Waals surface area contributed by atoms with Gasteiger partial charge in [0.2, 0.25) is 0 Å². The summed E-state index contributed by atoms with van der Waals surface area (Å²) in [5, 5.41) is 0.483. The molecule has 1 aliphatic rings. The lowest BCUT2D eigenvalue weighted by Crippen LogP contribution is -2.48. The highest BCUT2D eigenvalue weighted by Gasteiger charge is 2.33. The van der Waals surface area contributed by atoms with Crippen molar-refractivity contribution in [3.05, 3.63) is 29.8 Å². The molecule has 0 aliphatic carbocycles. The molecule has 4 heteroatoms. The van der Waals surface area contributed by atoms with E-state index in [9.17, 15) is 0 Å². The van der Waals surface area contributed by atoms with Gasteiger partial charge < -0.3 is 4.90 Å². The summed E-state index contributed by atoms with van der Waals surface area (Å²) in [5.41, 5.74) is 1.44. The molecule has 2 rings (SSSR count). The minimum Gasteiger partial charge on any atom is -0.332 e. The number of para-hydroxylation sites is 1. The Balaban J connectivity index is 2.58. The molecule has 16 heavy (non-hydrogen) atoms. The molecule has 0 bridgehead atoms. The van der Waals surface area contributed by atoms with Crippen LogP contribution in [0.15, 0.2) is 29.3 Å². The molecule has 0 spiro atoms. The van der Waals surface area contributed by atoms with Gasteiger partial charge in [-0.25, -0.2) is 4.99 Å². The predicted octanol–water partition coefficient (Wildman–Crippen LogP) is 3.81. The third-order valence-corrected chi connectivity index (χ3v) is 3.14. The number of hydrogen-bond donors (Lipinski definition) is 0. The van der Waals surface area contributed by atoms with E-state index in [2.05, 4.69) is 30.7 Å². The minimum absolute atomic E-state index is 0.0936. The van der Waals surface area contributed by atoms with Crippen molar-refractivity contribution in [1.29, 1.82) is 0 Å². The van der Waals surface area contributed by atoms with E-state index < -0.39 is 5.62 Å². The lowest BCUT2D eigenvalue weighted by atomic mass is 10.0. The molecule has 2 nitrogen and oxygen atoms in total. The Labute approximate surface area is 106 Å². The van der Waals surface area contributed by atoms with Crippen molar-refractivity contribution in [3.63, 3.8) is 0 Å². The van der Waals surface area contributed by atoms with E-state index in [-0.39, 0.29) is 5.54 Å². The maximum atomic E-state index is 6.24. The van der Waals surface area contributed by atoms with Crippen molar-refractivity contribution in [2.75, 3.05) is 4.90 Å². The third-order valence-electron chi connectivity index (χ3n) is 2.54. The van der Waals surface area contributed by atoms with Gasteiger partial charge in [0.15, 0.2) is 5.62 Å². The molecule has 0 aromatic heterocycles. The summed E-state index contributed by atoms with van der Waals surface area (Å²) in [6.07, 6.45) is 0. The van der Waals surface area contributed by atoms with Crippen LogP contribution >= 0.6 is 23.2 Å². The summed E-state index contributed by atoms with van der Waals surface area (Å²) in [5.74, 6) is 0. The summed E-state index contributed by atoms with van der Waals surface area (Å²) in [6, 6.07) is 7.92. The first-order valence-electron chi connectivity index (χ1n) is 5.17. The Morgan fingerprint density at radius 1 is 1.25 bits per heavy atom. The highest BCUT2D eigenvalue weighted by atomic mass is 35.5. The summed E-state index contributed by atoms with van der Waals surface area (Å²) in [4.78, 5) is 6.31. The Hall–Kier alpha value is -0.730. The number of rotatable bonds is 0. The van der Waals surface area contributed by atoms with E-state index in [0.29, 0.717) is 5.17 Å². The Morgan fingerprint density at radius 3 is 2.50 bits per heavy atom. The third kappa shape index (κ3) is 1.92. The van der Waals surface area contributed by atoms with Crippen LogP contribution in [0.2, 0.25) is 0 Å². The van der Waals surface area contributed by atoms with E-state index in [4.69, 9.17) is 23.2 Å². The number of halogens is 2. The van der Waals surface area contributed by atoms with Crippen LogP contribution in [0.3, 0.4) is 0 Å². The number of nitrogens with zero attached hydrogens (tertiary/aromatic N) is 2. The first-order valence-corrected chi connectivity index (χ1v) is 5.99. The SMILES string of the molecule is CC(C)(C)N1c2ccccc2C(Cl)=NC1Cl. The van der Waals surface area contributed by atoms with Gasteiger partial charge in [0, 0.05) is 11.1 Å². The minimum atomic E-state index is -0.442. The zero-order chi connectivity index (χ0) is 11.9. The van der Waals surface area contributed by atoms with Gasteiger partial charge >= 0.3 is 0 Å². The molecule has 0 saturated carbocycles. The van der Waals surface area contributed by atoms with Gasteiger partial charge in [0.05, 0.1) is 5.69 Å². The lowest BCUT2D eigenvalue weighted by Gasteiger charge is -2.42. The molecule has 1 heterocycles. The number of benzene rings is 1. The normalized spacial score (nSPS) is 20.4. The first kappa shape index (κ1) is 11.7. The molecule has 0 N–H and O–H groups in total. The van der Waals surface area contributed by atoms with Crippen molar-refractivity contribution < 1.29 is 0 Å². The van der Waals surface area contributed by atoms with Crippen LogP contribution in [0, 0.1) is 0 Å². The number of fused-ring (bicyclic) bond motifs is 1. The summed E-state index contributed by atoms with van der Waals surface area (Å²) in [7, 11) is 0. The molecule has 0 saturated heterocycles. The monoisotopic (exact) mass is 256 g/mol. The number of hydrogen-bond acceptors (Lipinski definition) is 2. The van der Waals surface area contributed by atoms with E-state index in [1.54, 1.807) is 0 Å².